The molecule has 0 radical (unpaired) electrons. The van der Waals surface area contributed by atoms with E-state index in [-0.39, 0.29) is 18.4 Å². The van der Waals surface area contributed by atoms with Crippen molar-refractivity contribution in [2.45, 2.75) is 65.8 Å². The van der Waals surface area contributed by atoms with Crippen LogP contribution in [0.3, 0.4) is 0 Å². The number of ether oxygens (including phenoxy) is 3. The maximum absolute atomic E-state index is 11.1. The average Bonchev–Trinajstić information content (AvgIpc) is 2.49. The molecule has 22 heavy (non-hydrogen) atoms. The Morgan fingerprint density at radius 3 is 2.45 bits per heavy atom. The molecule has 0 aliphatic rings. The molecule has 0 amide bonds. The highest BCUT2D eigenvalue weighted by Crippen LogP contribution is 2.13. The number of alkyl halides is 1. The highest BCUT2D eigenvalue weighted by molar-refractivity contribution is 9.09. The number of carbonyl (C=O) groups excluding carboxylic acids is 1. The SMILES string of the molecule is COC(=O)CCC(C)=CCCC(CBr)OC(C)OCC(C)C. The summed E-state index contributed by atoms with van der Waals surface area (Å²) in [5, 5.41) is 0.789. The highest BCUT2D eigenvalue weighted by Gasteiger charge is 2.12. The van der Waals surface area contributed by atoms with E-state index < -0.39 is 0 Å². The van der Waals surface area contributed by atoms with Crippen LogP contribution < -0.4 is 0 Å². The minimum absolute atomic E-state index is 0.131. The summed E-state index contributed by atoms with van der Waals surface area (Å²) in [6, 6.07) is 0. The van der Waals surface area contributed by atoms with Crippen LogP contribution in [-0.4, -0.2) is 37.4 Å². The number of methoxy groups -OCH3 is 1. The molecule has 0 N–H and O–H groups in total. The molecule has 0 saturated heterocycles. The van der Waals surface area contributed by atoms with Crippen LogP contribution in [0, 0.1) is 5.92 Å². The summed E-state index contributed by atoms with van der Waals surface area (Å²) in [7, 11) is 1.42. The molecule has 2 unspecified atom stereocenters. The Morgan fingerprint density at radius 1 is 1.23 bits per heavy atom. The van der Waals surface area contributed by atoms with Crippen LogP contribution in [0.15, 0.2) is 11.6 Å². The molecule has 0 spiro atoms. The van der Waals surface area contributed by atoms with E-state index in [1.807, 2.05) is 13.8 Å². The van der Waals surface area contributed by atoms with Crippen molar-refractivity contribution in [1.29, 1.82) is 0 Å². The van der Waals surface area contributed by atoms with E-state index >= 15 is 0 Å². The molecule has 0 heterocycles. The van der Waals surface area contributed by atoms with Gasteiger partial charge in [0.15, 0.2) is 6.29 Å². The number of carbonyl (C=O) groups is 1. The first-order valence-corrected chi connectivity index (χ1v) is 9.06. The number of rotatable bonds is 12. The molecule has 4 nitrogen and oxygen atoms in total. The monoisotopic (exact) mass is 378 g/mol. The van der Waals surface area contributed by atoms with Gasteiger partial charge in [-0.05, 0) is 39.0 Å². The summed E-state index contributed by atoms with van der Waals surface area (Å²) in [6.45, 7) is 8.94. The lowest BCUT2D eigenvalue weighted by atomic mass is 10.1. The molecule has 5 heteroatoms. The molecule has 0 aromatic heterocycles. The minimum atomic E-state index is -0.186. The van der Waals surface area contributed by atoms with Crippen LogP contribution in [0.2, 0.25) is 0 Å². The number of hydrogen-bond donors (Lipinski definition) is 0. The van der Waals surface area contributed by atoms with Crippen molar-refractivity contribution in [3.05, 3.63) is 11.6 Å². The molecule has 0 saturated carbocycles. The van der Waals surface area contributed by atoms with Crippen molar-refractivity contribution >= 4 is 21.9 Å². The summed E-state index contributed by atoms with van der Waals surface area (Å²) in [5.41, 5.74) is 1.21. The van der Waals surface area contributed by atoms with Gasteiger partial charge in [0.25, 0.3) is 0 Å². The zero-order valence-electron chi connectivity index (χ0n) is 14.6. The van der Waals surface area contributed by atoms with Crippen LogP contribution in [0.1, 0.15) is 53.4 Å². The van der Waals surface area contributed by atoms with Crippen LogP contribution in [0.25, 0.3) is 0 Å². The Morgan fingerprint density at radius 2 is 1.91 bits per heavy atom. The third kappa shape index (κ3) is 12.2. The van der Waals surface area contributed by atoms with Gasteiger partial charge in [0.1, 0.15) is 0 Å². The fourth-order valence-corrected chi connectivity index (χ4v) is 2.32. The number of halogens is 1. The summed E-state index contributed by atoms with van der Waals surface area (Å²) in [5.74, 6) is 0.347. The third-order valence-corrected chi connectivity index (χ3v) is 3.88. The summed E-state index contributed by atoms with van der Waals surface area (Å²) < 4.78 is 16.1. The van der Waals surface area contributed by atoms with E-state index in [1.54, 1.807) is 0 Å². The molecule has 0 bridgehead atoms. The van der Waals surface area contributed by atoms with E-state index in [1.165, 1.54) is 12.7 Å². The Hall–Kier alpha value is -0.390. The number of hydrogen-bond acceptors (Lipinski definition) is 4. The quantitative estimate of drug-likeness (QED) is 0.217. The average molecular weight is 379 g/mol. The van der Waals surface area contributed by atoms with Crippen molar-refractivity contribution < 1.29 is 19.0 Å². The number of esters is 1. The highest BCUT2D eigenvalue weighted by atomic mass is 79.9. The van der Waals surface area contributed by atoms with Crippen molar-refractivity contribution in [1.82, 2.24) is 0 Å². The second-order valence-corrected chi connectivity index (χ2v) is 6.56. The second kappa shape index (κ2) is 13.1. The Balaban J connectivity index is 4.00. The number of allylic oxidation sites excluding steroid dienone is 2. The molecule has 2 atom stereocenters. The summed E-state index contributed by atoms with van der Waals surface area (Å²) in [6.07, 6.45) is 5.16. The van der Waals surface area contributed by atoms with E-state index in [4.69, 9.17) is 9.47 Å². The molecule has 0 rings (SSSR count). The van der Waals surface area contributed by atoms with Gasteiger partial charge in [-0.1, -0.05) is 41.4 Å². The fourth-order valence-electron chi connectivity index (χ4n) is 1.84. The third-order valence-electron chi connectivity index (χ3n) is 3.15. The van der Waals surface area contributed by atoms with E-state index in [2.05, 4.69) is 40.6 Å². The van der Waals surface area contributed by atoms with E-state index in [0.29, 0.717) is 18.9 Å². The largest absolute Gasteiger partial charge is 0.469 e. The molecular formula is C17H31BrO4. The van der Waals surface area contributed by atoms with Gasteiger partial charge in [0.2, 0.25) is 0 Å². The maximum Gasteiger partial charge on any atom is 0.305 e. The predicted molar refractivity (Wildman–Crippen MR) is 93.2 cm³/mol. The first-order chi connectivity index (χ1) is 10.4. The molecule has 0 aliphatic carbocycles. The van der Waals surface area contributed by atoms with E-state index in [9.17, 15) is 4.79 Å². The van der Waals surface area contributed by atoms with E-state index in [0.717, 1.165) is 24.6 Å². The molecule has 0 aliphatic heterocycles. The van der Waals surface area contributed by atoms with Gasteiger partial charge in [-0.2, -0.15) is 0 Å². The van der Waals surface area contributed by atoms with Gasteiger partial charge >= 0.3 is 5.97 Å². The lowest BCUT2D eigenvalue weighted by molar-refractivity contribution is -0.160. The van der Waals surface area contributed by atoms with Gasteiger partial charge in [-0.15, -0.1) is 0 Å². The lowest BCUT2D eigenvalue weighted by Crippen LogP contribution is -2.24. The van der Waals surface area contributed by atoms with Crippen molar-refractivity contribution in [2.75, 3.05) is 19.0 Å². The minimum Gasteiger partial charge on any atom is -0.469 e. The fraction of sp³-hybridized carbons (Fsp3) is 0.824. The maximum atomic E-state index is 11.1. The first-order valence-electron chi connectivity index (χ1n) is 7.94. The van der Waals surface area contributed by atoms with Gasteiger partial charge in [0.05, 0.1) is 19.8 Å². The normalized spacial score (nSPS) is 15.0. The Bertz CT molecular complexity index is 329. The van der Waals surface area contributed by atoms with Crippen LogP contribution >= 0.6 is 15.9 Å². The molecular weight excluding hydrogens is 348 g/mol. The summed E-state index contributed by atoms with van der Waals surface area (Å²) >= 11 is 3.49. The van der Waals surface area contributed by atoms with Gasteiger partial charge in [-0.25, -0.2) is 0 Å². The Labute approximate surface area is 143 Å². The van der Waals surface area contributed by atoms with Gasteiger partial charge < -0.3 is 14.2 Å². The van der Waals surface area contributed by atoms with Crippen molar-refractivity contribution in [3.8, 4) is 0 Å². The summed E-state index contributed by atoms with van der Waals surface area (Å²) in [4.78, 5) is 11.1. The van der Waals surface area contributed by atoms with Crippen molar-refractivity contribution in [2.24, 2.45) is 5.92 Å². The van der Waals surface area contributed by atoms with Gasteiger partial charge in [-0.3, -0.25) is 4.79 Å². The lowest BCUT2D eigenvalue weighted by Gasteiger charge is -2.21. The second-order valence-electron chi connectivity index (χ2n) is 5.91. The topological polar surface area (TPSA) is 44.8 Å². The zero-order valence-corrected chi connectivity index (χ0v) is 16.1. The van der Waals surface area contributed by atoms with Crippen LogP contribution in [-0.2, 0) is 19.0 Å². The van der Waals surface area contributed by atoms with Gasteiger partial charge in [0, 0.05) is 11.8 Å². The smallest absolute Gasteiger partial charge is 0.305 e. The zero-order chi connectivity index (χ0) is 17.0. The van der Waals surface area contributed by atoms with Crippen LogP contribution in [0.5, 0.6) is 0 Å². The predicted octanol–water partition coefficient (Wildman–Crippen LogP) is 4.46. The molecule has 0 aromatic carbocycles. The molecule has 0 aromatic rings. The molecule has 130 valence electrons. The Kier molecular flexibility index (Phi) is 12.9. The standard InChI is InChI=1S/C17H31BrO4/c1-13(2)12-21-15(4)22-16(11-18)8-6-7-14(3)9-10-17(19)20-5/h7,13,15-16H,6,8-12H2,1-5H3. The first kappa shape index (κ1) is 21.6. The molecule has 0 fully saturated rings. The van der Waals surface area contributed by atoms with Crippen molar-refractivity contribution in [3.63, 3.8) is 0 Å². The van der Waals surface area contributed by atoms with Crippen LogP contribution in [0.4, 0.5) is 0 Å².